The molecule has 0 saturated carbocycles. The molecule has 1 aliphatic heterocycles. The standard InChI is InChI=1S/C12H18N2/c1-9-5-3-4-6-10(9)11-7-14(2)8-12(11)13/h3-6,11-12H,7-8,13H2,1-2H3. The summed E-state index contributed by atoms with van der Waals surface area (Å²) in [6.07, 6.45) is 0. The Kier molecular flexibility index (Phi) is 2.57. The summed E-state index contributed by atoms with van der Waals surface area (Å²) in [7, 11) is 2.14. The van der Waals surface area contributed by atoms with E-state index in [9.17, 15) is 0 Å². The maximum absolute atomic E-state index is 6.13. The third-order valence-electron chi connectivity index (χ3n) is 3.14. The van der Waals surface area contributed by atoms with Gasteiger partial charge in [0.2, 0.25) is 0 Å². The third-order valence-corrected chi connectivity index (χ3v) is 3.14. The zero-order chi connectivity index (χ0) is 10.1. The molecule has 2 nitrogen and oxygen atoms in total. The molecular weight excluding hydrogens is 172 g/mol. The van der Waals surface area contributed by atoms with Crippen LogP contribution in [-0.4, -0.2) is 31.1 Å². The van der Waals surface area contributed by atoms with Gasteiger partial charge in [0.25, 0.3) is 0 Å². The molecule has 2 rings (SSSR count). The molecule has 0 bridgehead atoms. The van der Waals surface area contributed by atoms with Crippen molar-refractivity contribution in [3.8, 4) is 0 Å². The van der Waals surface area contributed by atoms with Crippen molar-refractivity contribution in [3.05, 3.63) is 35.4 Å². The largest absolute Gasteiger partial charge is 0.326 e. The molecule has 0 aromatic heterocycles. The van der Waals surface area contributed by atoms with E-state index in [1.165, 1.54) is 11.1 Å². The van der Waals surface area contributed by atoms with E-state index in [-0.39, 0.29) is 0 Å². The van der Waals surface area contributed by atoms with Crippen molar-refractivity contribution in [1.29, 1.82) is 0 Å². The minimum absolute atomic E-state index is 0.293. The summed E-state index contributed by atoms with van der Waals surface area (Å²) < 4.78 is 0. The van der Waals surface area contributed by atoms with E-state index >= 15 is 0 Å². The molecular formula is C12H18N2. The van der Waals surface area contributed by atoms with E-state index < -0.39 is 0 Å². The molecule has 0 aliphatic carbocycles. The molecule has 1 fully saturated rings. The number of aryl methyl sites for hydroxylation is 1. The Morgan fingerprint density at radius 2 is 2.00 bits per heavy atom. The highest BCUT2D eigenvalue weighted by atomic mass is 15.1. The van der Waals surface area contributed by atoms with Crippen LogP contribution in [-0.2, 0) is 0 Å². The predicted octanol–water partition coefficient (Wildman–Crippen LogP) is 1.35. The fourth-order valence-electron chi connectivity index (χ4n) is 2.36. The molecule has 0 spiro atoms. The molecule has 0 radical (unpaired) electrons. The van der Waals surface area contributed by atoms with Crippen molar-refractivity contribution in [2.24, 2.45) is 5.73 Å². The van der Waals surface area contributed by atoms with E-state index in [1.807, 2.05) is 0 Å². The van der Waals surface area contributed by atoms with Crippen LogP contribution in [0.25, 0.3) is 0 Å². The fourth-order valence-corrected chi connectivity index (χ4v) is 2.36. The van der Waals surface area contributed by atoms with Crippen molar-refractivity contribution in [1.82, 2.24) is 4.90 Å². The van der Waals surface area contributed by atoms with Gasteiger partial charge in [-0.3, -0.25) is 0 Å². The Hall–Kier alpha value is -0.860. The second-order valence-corrected chi connectivity index (χ2v) is 4.35. The highest BCUT2D eigenvalue weighted by molar-refractivity contribution is 5.31. The van der Waals surface area contributed by atoms with Gasteiger partial charge in [0.05, 0.1) is 0 Å². The predicted molar refractivity (Wildman–Crippen MR) is 59.4 cm³/mol. The highest BCUT2D eigenvalue weighted by Crippen LogP contribution is 2.27. The monoisotopic (exact) mass is 190 g/mol. The minimum Gasteiger partial charge on any atom is -0.326 e. The lowest BCUT2D eigenvalue weighted by molar-refractivity contribution is 0.407. The number of likely N-dealkylation sites (N-methyl/N-ethyl adjacent to an activating group) is 1. The lowest BCUT2D eigenvalue weighted by Gasteiger charge is -2.16. The summed E-state index contributed by atoms with van der Waals surface area (Å²) >= 11 is 0. The Labute approximate surface area is 85.7 Å². The smallest absolute Gasteiger partial charge is 0.0249 e. The minimum atomic E-state index is 0.293. The van der Waals surface area contributed by atoms with Gasteiger partial charge >= 0.3 is 0 Å². The zero-order valence-corrected chi connectivity index (χ0v) is 8.90. The summed E-state index contributed by atoms with van der Waals surface area (Å²) in [6.45, 7) is 4.27. The molecule has 2 atom stereocenters. The lowest BCUT2D eigenvalue weighted by Crippen LogP contribution is -2.28. The average molecular weight is 190 g/mol. The van der Waals surface area contributed by atoms with Gasteiger partial charge in [-0.25, -0.2) is 0 Å². The van der Waals surface area contributed by atoms with E-state index in [0.717, 1.165) is 13.1 Å². The third kappa shape index (κ3) is 1.68. The first-order valence-corrected chi connectivity index (χ1v) is 5.18. The van der Waals surface area contributed by atoms with Gasteiger partial charge in [-0.1, -0.05) is 24.3 Å². The highest BCUT2D eigenvalue weighted by Gasteiger charge is 2.29. The number of nitrogens with two attached hydrogens (primary N) is 1. The van der Waals surface area contributed by atoms with Crippen LogP contribution in [0.4, 0.5) is 0 Å². The molecule has 1 heterocycles. The van der Waals surface area contributed by atoms with E-state index in [1.54, 1.807) is 0 Å². The van der Waals surface area contributed by atoms with E-state index in [4.69, 9.17) is 5.73 Å². The van der Waals surface area contributed by atoms with Gasteiger partial charge in [-0.05, 0) is 25.1 Å². The van der Waals surface area contributed by atoms with Gasteiger partial charge in [0.1, 0.15) is 0 Å². The van der Waals surface area contributed by atoms with Crippen molar-refractivity contribution in [2.75, 3.05) is 20.1 Å². The van der Waals surface area contributed by atoms with Crippen LogP contribution in [0.1, 0.15) is 17.0 Å². The Morgan fingerprint density at radius 1 is 1.29 bits per heavy atom. The molecule has 2 unspecified atom stereocenters. The van der Waals surface area contributed by atoms with E-state index in [0.29, 0.717) is 12.0 Å². The maximum atomic E-state index is 6.13. The Bertz CT molecular complexity index is 322. The van der Waals surface area contributed by atoms with E-state index in [2.05, 4.69) is 43.1 Å². The second-order valence-electron chi connectivity index (χ2n) is 4.35. The summed E-state index contributed by atoms with van der Waals surface area (Å²) in [6, 6.07) is 8.86. The first-order valence-electron chi connectivity index (χ1n) is 5.18. The SMILES string of the molecule is Cc1ccccc1C1CN(C)CC1N. The molecule has 1 saturated heterocycles. The quantitative estimate of drug-likeness (QED) is 0.724. The number of nitrogens with zero attached hydrogens (tertiary/aromatic N) is 1. The molecule has 1 aromatic carbocycles. The first kappa shape index (κ1) is 9.69. The van der Waals surface area contributed by atoms with Crippen LogP contribution in [0.3, 0.4) is 0 Å². The van der Waals surface area contributed by atoms with Crippen LogP contribution in [0.5, 0.6) is 0 Å². The number of likely N-dealkylation sites (tertiary alicyclic amines) is 1. The zero-order valence-electron chi connectivity index (χ0n) is 8.90. The van der Waals surface area contributed by atoms with Crippen LogP contribution in [0, 0.1) is 6.92 Å². The van der Waals surface area contributed by atoms with Gasteiger partial charge in [0.15, 0.2) is 0 Å². The normalized spacial score (nSPS) is 28.2. The molecule has 0 amide bonds. The Morgan fingerprint density at radius 3 is 2.57 bits per heavy atom. The fraction of sp³-hybridized carbons (Fsp3) is 0.500. The summed E-state index contributed by atoms with van der Waals surface area (Å²) in [5, 5.41) is 0. The van der Waals surface area contributed by atoms with Gasteiger partial charge in [-0.15, -0.1) is 0 Å². The Balaban J connectivity index is 2.27. The molecule has 2 N–H and O–H groups in total. The summed E-state index contributed by atoms with van der Waals surface area (Å²) in [5.74, 6) is 0.515. The lowest BCUT2D eigenvalue weighted by atomic mass is 9.91. The molecule has 2 heteroatoms. The van der Waals surface area contributed by atoms with Crippen LogP contribution in [0.15, 0.2) is 24.3 Å². The topological polar surface area (TPSA) is 29.3 Å². The first-order chi connectivity index (χ1) is 6.68. The van der Waals surface area contributed by atoms with Crippen LogP contribution in [0.2, 0.25) is 0 Å². The van der Waals surface area contributed by atoms with Crippen LogP contribution >= 0.6 is 0 Å². The molecule has 1 aliphatic rings. The molecule has 1 aromatic rings. The summed E-state index contributed by atoms with van der Waals surface area (Å²) in [5.41, 5.74) is 8.91. The second kappa shape index (κ2) is 3.71. The number of hydrogen-bond donors (Lipinski definition) is 1. The number of benzene rings is 1. The van der Waals surface area contributed by atoms with Gasteiger partial charge in [-0.2, -0.15) is 0 Å². The summed E-state index contributed by atoms with van der Waals surface area (Å²) in [4.78, 5) is 2.31. The molecule has 14 heavy (non-hydrogen) atoms. The number of rotatable bonds is 1. The van der Waals surface area contributed by atoms with Crippen molar-refractivity contribution < 1.29 is 0 Å². The molecule has 76 valence electrons. The van der Waals surface area contributed by atoms with Crippen LogP contribution < -0.4 is 5.73 Å². The average Bonchev–Trinajstić information content (AvgIpc) is 2.46. The van der Waals surface area contributed by atoms with Crippen molar-refractivity contribution >= 4 is 0 Å². The van der Waals surface area contributed by atoms with Gasteiger partial charge in [0, 0.05) is 25.0 Å². The maximum Gasteiger partial charge on any atom is 0.0249 e. The number of hydrogen-bond acceptors (Lipinski definition) is 2. The van der Waals surface area contributed by atoms with Crippen molar-refractivity contribution in [2.45, 2.75) is 18.9 Å². The van der Waals surface area contributed by atoms with Gasteiger partial charge < -0.3 is 10.6 Å². The van der Waals surface area contributed by atoms with Crippen molar-refractivity contribution in [3.63, 3.8) is 0 Å².